The molecule has 3 aromatic heterocycles. The van der Waals surface area contributed by atoms with Gasteiger partial charge < -0.3 is 30.7 Å². The number of carbonyl (C=O) groups excluding carboxylic acids is 2. The molecular weight excluding hydrogens is 538 g/mol. The number of morpholine rings is 1. The maximum atomic E-state index is 15.1. The standard InChI is InChI=1S/C27H34F2N8O4/c1-27(2,3)41-22(38)6-5-17(16-37-8-4-7-32-37)33-25-20(28)14-19(23(30)39)24(35-25)34-18-13-21(29)26(31-15-18)36-9-11-40-12-10-36/h4,7-8,13-15,17H,5-6,9-12,16H2,1-3H3,(H2,30,39)(H2,33,34,35)/t17-/m0/s1. The van der Waals surface area contributed by atoms with E-state index in [2.05, 4.69) is 25.7 Å². The van der Waals surface area contributed by atoms with Crippen molar-refractivity contribution in [1.29, 1.82) is 0 Å². The van der Waals surface area contributed by atoms with Gasteiger partial charge in [-0.25, -0.2) is 18.7 Å². The zero-order valence-electron chi connectivity index (χ0n) is 23.2. The Morgan fingerprint density at radius 3 is 2.56 bits per heavy atom. The first-order chi connectivity index (χ1) is 19.5. The van der Waals surface area contributed by atoms with E-state index in [1.165, 1.54) is 12.3 Å². The molecule has 0 aliphatic carbocycles. The smallest absolute Gasteiger partial charge is 0.306 e. The normalized spacial score (nSPS) is 14.4. The van der Waals surface area contributed by atoms with Gasteiger partial charge in [0.2, 0.25) is 0 Å². The minimum atomic E-state index is -0.929. The SMILES string of the molecule is CC(C)(C)OC(=O)CC[C@@H](Cn1cccn1)Nc1nc(Nc2cnc(N3CCOCC3)c(F)c2)c(C(N)=O)cc1F. The van der Waals surface area contributed by atoms with Crippen molar-refractivity contribution in [2.24, 2.45) is 5.73 Å². The van der Waals surface area contributed by atoms with E-state index in [4.69, 9.17) is 15.2 Å². The predicted molar refractivity (Wildman–Crippen MR) is 148 cm³/mol. The van der Waals surface area contributed by atoms with Crippen molar-refractivity contribution in [2.75, 3.05) is 41.8 Å². The monoisotopic (exact) mass is 572 g/mol. The summed E-state index contributed by atoms with van der Waals surface area (Å²) in [7, 11) is 0. The van der Waals surface area contributed by atoms with Gasteiger partial charge >= 0.3 is 5.97 Å². The highest BCUT2D eigenvalue weighted by Gasteiger charge is 2.23. The maximum Gasteiger partial charge on any atom is 0.306 e. The number of hydrogen-bond acceptors (Lipinski definition) is 10. The van der Waals surface area contributed by atoms with Gasteiger partial charge in [0.05, 0.1) is 37.2 Å². The molecule has 1 atom stereocenters. The number of primary amides is 1. The van der Waals surface area contributed by atoms with Gasteiger partial charge in [-0.15, -0.1) is 0 Å². The van der Waals surface area contributed by atoms with E-state index in [9.17, 15) is 14.0 Å². The van der Waals surface area contributed by atoms with Crippen molar-refractivity contribution in [1.82, 2.24) is 19.7 Å². The van der Waals surface area contributed by atoms with E-state index >= 15 is 4.39 Å². The third-order valence-electron chi connectivity index (χ3n) is 6.06. The van der Waals surface area contributed by atoms with Gasteiger partial charge in [-0.1, -0.05) is 0 Å². The van der Waals surface area contributed by atoms with Crippen molar-refractivity contribution in [3.05, 3.63) is 54.0 Å². The molecule has 0 radical (unpaired) electrons. The topological polar surface area (TPSA) is 150 Å². The van der Waals surface area contributed by atoms with Crippen LogP contribution in [0.15, 0.2) is 36.8 Å². The number of esters is 1. The average molecular weight is 573 g/mol. The summed E-state index contributed by atoms with van der Waals surface area (Å²) in [6, 6.07) is 3.40. The number of pyridine rings is 2. The number of amides is 1. The van der Waals surface area contributed by atoms with Gasteiger partial charge in [-0.05, 0) is 39.3 Å². The molecular formula is C27H34F2N8O4. The van der Waals surface area contributed by atoms with Crippen molar-refractivity contribution >= 4 is 35.0 Å². The quantitative estimate of drug-likeness (QED) is 0.292. The Kier molecular flexibility index (Phi) is 9.32. The Hall–Kier alpha value is -4.33. The average Bonchev–Trinajstić information content (AvgIpc) is 3.41. The van der Waals surface area contributed by atoms with Crippen LogP contribution in [0.2, 0.25) is 0 Å². The number of anilines is 4. The predicted octanol–water partition coefficient (Wildman–Crippen LogP) is 3.23. The summed E-state index contributed by atoms with van der Waals surface area (Å²) >= 11 is 0. The summed E-state index contributed by atoms with van der Waals surface area (Å²) in [5, 5.41) is 10.0. The van der Waals surface area contributed by atoms with Crippen LogP contribution in [-0.4, -0.2) is 69.6 Å². The number of nitrogens with zero attached hydrogens (tertiary/aromatic N) is 5. The van der Waals surface area contributed by atoms with E-state index in [1.54, 1.807) is 48.8 Å². The molecule has 0 bridgehead atoms. The lowest BCUT2D eigenvalue weighted by Gasteiger charge is -2.28. The Morgan fingerprint density at radius 1 is 1.17 bits per heavy atom. The minimum absolute atomic E-state index is 0.0583. The van der Waals surface area contributed by atoms with Gasteiger partial charge in [-0.2, -0.15) is 5.10 Å². The van der Waals surface area contributed by atoms with Crippen LogP contribution in [-0.2, 0) is 20.8 Å². The Bertz CT molecular complexity index is 1360. The zero-order valence-corrected chi connectivity index (χ0v) is 23.2. The number of halogens is 2. The highest BCUT2D eigenvalue weighted by Crippen LogP contribution is 2.27. The first-order valence-corrected chi connectivity index (χ1v) is 13.2. The number of aromatic nitrogens is 4. The van der Waals surface area contributed by atoms with Crippen molar-refractivity contribution in [2.45, 2.75) is 51.8 Å². The zero-order chi connectivity index (χ0) is 29.6. The van der Waals surface area contributed by atoms with Crippen LogP contribution < -0.4 is 21.3 Å². The molecule has 14 heteroatoms. The highest BCUT2D eigenvalue weighted by molar-refractivity contribution is 5.98. The number of nitrogens with two attached hydrogens (primary N) is 1. The molecule has 220 valence electrons. The van der Waals surface area contributed by atoms with Crippen LogP contribution in [0, 0.1) is 11.6 Å². The Balaban J connectivity index is 1.56. The van der Waals surface area contributed by atoms with E-state index in [1.807, 2.05) is 0 Å². The van der Waals surface area contributed by atoms with Crippen LogP contribution in [0.5, 0.6) is 0 Å². The van der Waals surface area contributed by atoms with Gasteiger partial charge in [0.1, 0.15) is 11.4 Å². The summed E-state index contributed by atoms with van der Waals surface area (Å²) in [6.07, 6.45) is 5.05. The Labute approximate surface area is 236 Å². The second kappa shape index (κ2) is 12.9. The fourth-order valence-corrected chi connectivity index (χ4v) is 4.24. The van der Waals surface area contributed by atoms with Crippen LogP contribution in [0.4, 0.5) is 31.9 Å². The second-order valence-electron chi connectivity index (χ2n) is 10.5. The van der Waals surface area contributed by atoms with Gasteiger partial charge in [-0.3, -0.25) is 14.3 Å². The summed E-state index contributed by atoms with van der Waals surface area (Å²) in [4.78, 5) is 34.7. The minimum Gasteiger partial charge on any atom is -0.460 e. The molecule has 4 N–H and O–H groups in total. The molecule has 41 heavy (non-hydrogen) atoms. The highest BCUT2D eigenvalue weighted by atomic mass is 19.1. The van der Waals surface area contributed by atoms with E-state index in [0.29, 0.717) is 26.3 Å². The lowest BCUT2D eigenvalue weighted by molar-refractivity contribution is -0.155. The Morgan fingerprint density at radius 2 is 1.93 bits per heavy atom. The number of ether oxygens (including phenoxy) is 2. The van der Waals surface area contributed by atoms with Crippen LogP contribution in [0.1, 0.15) is 44.0 Å². The maximum absolute atomic E-state index is 15.1. The van der Waals surface area contributed by atoms with Crippen molar-refractivity contribution in [3.63, 3.8) is 0 Å². The van der Waals surface area contributed by atoms with Crippen LogP contribution >= 0.6 is 0 Å². The summed E-state index contributed by atoms with van der Waals surface area (Å²) in [5.74, 6) is -2.86. The molecule has 12 nitrogen and oxygen atoms in total. The molecule has 0 spiro atoms. The molecule has 4 rings (SSSR count). The van der Waals surface area contributed by atoms with Crippen LogP contribution in [0.3, 0.4) is 0 Å². The molecule has 0 unspecified atom stereocenters. The molecule has 0 saturated carbocycles. The van der Waals surface area contributed by atoms with E-state index in [0.717, 1.165) is 6.07 Å². The third-order valence-corrected chi connectivity index (χ3v) is 6.06. The number of rotatable bonds is 11. The molecule has 1 aliphatic rings. The first-order valence-electron chi connectivity index (χ1n) is 13.2. The van der Waals surface area contributed by atoms with E-state index < -0.39 is 35.2 Å². The largest absolute Gasteiger partial charge is 0.460 e. The molecule has 1 amide bonds. The molecule has 1 fully saturated rings. The van der Waals surface area contributed by atoms with Crippen LogP contribution in [0.25, 0.3) is 0 Å². The second-order valence-corrected chi connectivity index (χ2v) is 10.5. The summed E-state index contributed by atoms with van der Waals surface area (Å²) in [5.41, 5.74) is 4.79. The molecule has 4 heterocycles. The van der Waals surface area contributed by atoms with Gasteiger partial charge in [0.25, 0.3) is 5.91 Å². The molecule has 3 aromatic rings. The number of carbonyl (C=O) groups is 2. The lowest BCUT2D eigenvalue weighted by Crippen LogP contribution is -2.37. The fourth-order valence-electron chi connectivity index (χ4n) is 4.24. The number of nitrogens with one attached hydrogen (secondary N) is 2. The van der Waals surface area contributed by atoms with Crippen molar-refractivity contribution < 1.29 is 27.8 Å². The summed E-state index contributed by atoms with van der Waals surface area (Å²) < 4.78 is 42.4. The molecule has 0 aromatic carbocycles. The van der Waals surface area contributed by atoms with Crippen molar-refractivity contribution in [3.8, 4) is 0 Å². The van der Waals surface area contributed by atoms with Gasteiger partial charge in [0, 0.05) is 44.0 Å². The molecule has 1 saturated heterocycles. The number of hydrogen-bond donors (Lipinski definition) is 3. The first kappa shape index (κ1) is 29.6. The fraction of sp³-hybridized carbons (Fsp3) is 0.444. The molecule has 1 aliphatic heterocycles. The van der Waals surface area contributed by atoms with E-state index in [-0.39, 0.29) is 48.1 Å². The third kappa shape index (κ3) is 8.33. The van der Waals surface area contributed by atoms with Gasteiger partial charge in [0.15, 0.2) is 23.3 Å². The summed E-state index contributed by atoms with van der Waals surface area (Å²) in [6.45, 7) is 7.56. The lowest BCUT2D eigenvalue weighted by atomic mass is 10.1.